The smallest absolute Gasteiger partial charge is 0.122 e. The fourth-order valence-electron chi connectivity index (χ4n) is 1.88. The molecule has 2 N–H and O–H groups in total. The van der Waals surface area contributed by atoms with E-state index in [1.807, 2.05) is 6.92 Å². The van der Waals surface area contributed by atoms with Crippen molar-refractivity contribution in [2.75, 3.05) is 6.61 Å². The first-order valence-corrected chi connectivity index (χ1v) is 6.07. The Bertz CT molecular complexity index is 373. The van der Waals surface area contributed by atoms with Crippen molar-refractivity contribution in [3.63, 3.8) is 0 Å². The second kappa shape index (κ2) is 4.46. The summed E-state index contributed by atoms with van der Waals surface area (Å²) in [5.41, 5.74) is 8.20. The molecule has 2 nitrogen and oxygen atoms in total. The number of nitrogens with two attached hydrogens (primary N) is 1. The molecule has 0 saturated heterocycles. The lowest BCUT2D eigenvalue weighted by molar-refractivity contribution is 0.291. The molecule has 1 aliphatic rings. The van der Waals surface area contributed by atoms with Gasteiger partial charge >= 0.3 is 0 Å². The number of aryl methyl sites for hydroxylation is 1. The van der Waals surface area contributed by atoms with E-state index in [-0.39, 0.29) is 6.04 Å². The van der Waals surface area contributed by atoms with E-state index in [4.69, 9.17) is 10.5 Å². The molecule has 0 spiro atoms. The van der Waals surface area contributed by atoms with Gasteiger partial charge < -0.3 is 10.5 Å². The summed E-state index contributed by atoms with van der Waals surface area (Å²) in [7, 11) is 0. The molecule has 88 valence electrons. The maximum Gasteiger partial charge on any atom is 0.122 e. The number of hydrogen-bond acceptors (Lipinski definition) is 2. The van der Waals surface area contributed by atoms with E-state index in [0.29, 0.717) is 0 Å². The SMILES string of the molecule is Cc1ccc([C@H](C)N)cc1OCC1CC1C. The highest BCUT2D eigenvalue weighted by Gasteiger charge is 2.33. The van der Waals surface area contributed by atoms with Gasteiger partial charge in [-0.15, -0.1) is 0 Å². The molecule has 1 aromatic carbocycles. The zero-order chi connectivity index (χ0) is 11.7. The third-order valence-electron chi connectivity index (χ3n) is 3.47. The molecule has 1 fully saturated rings. The zero-order valence-electron chi connectivity index (χ0n) is 10.4. The predicted octanol–water partition coefficient (Wildman–Crippen LogP) is 3.05. The summed E-state index contributed by atoms with van der Waals surface area (Å²) in [5, 5.41) is 0. The summed E-state index contributed by atoms with van der Waals surface area (Å²) < 4.78 is 5.87. The summed E-state index contributed by atoms with van der Waals surface area (Å²) in [6, 6.07) is 6.31. The van der Waals surface area contributed by atoms with Crippen LogP contribution in [0.4, 0.5) is 0 Å². The predicted molar refractivity (Wildman–Crippen MR) is 66.5 cm³/mol. The van der Waals surface area contributed by atoms with Crippen LogP contribution in [0.3, 0.4) is 0 Å². The van der Waals surface area contributed by atoms with Gasteiger partial charge in [0.25, 0.3) is 0 Å². The fourth-order valence-corrected chi connectivity index (χ4v) is 1.88. The Morgan fingerprint density at radius 3 is 2.75 bits per heavy atom. The van der Waals surface area contributed by atoms with Gasteiger partial charge in [-0.2, -0.15) is 0 Å². The second-order valence-electron chi connectivity index (χ2n) is 5.10. The molecule has 1 aliphatic carbocycles. The summed E-state index contributed by atoms with van der Waals surface area (Å²) in [6.07, 6.45) is 1.31. The first-order chi connectivity index (χ1) is 7.58. The molecule has 2 rings (SSSR count). The number of ether oxygens (including phenoxy) is 1. The van der Waals surface area contributed by atoms with Gasteiger partial charge in [-0.25, -0.2) is 0 Å². The van der Waals surface area contributed by atoms with Crippen molar-refractivity contribution in [3.05, 3.63) is 29.3 Å². The molecule has 0 radical (unpaired) electrons. The molecular weight excluding hydrogens is 198 g/mol. The normalized spacial score (nSPS) is 25.2. The molecule has 1 aromatic rings. The Kier molecular flexibility index (Phi) is 3.20. The van der Waals surface area contributed by atoms with Crippen LogP contribution in [0.15, 0.2) is 18.2 Å². The molecule has 1 saturated carbocycles. The third kappa shape index (κ3) is 2.56. The quantitative estimate of drug-likeness (QED) is 0.844. The average Bonchev–Trinajstić information content (AvgIpc) is 2.93. The average molecular weight is 219 g/mol. The van der Waals surface area contributed by atoms with Crippen molar-refractivity contribution in [1.29, 1.82) is 0 Å². The molecule has 0 amide bonds. The highest BCUT2D eigenvalue weighted by Crippen LogP contribution is 2.38. The van der Waals surface area contributed by atoms with E-state index in [0.717, 1.165) is 29.8 Å². The van der Waals surface area contributed by atoms with Crippen LogP contribution in [0.2, 0.25) is 0 Å². The van der Waals surface area contributed by atoms with E-state index in [9.17, 15) is 0 Å². The molecule has 2 unspecified atom stereocenters. The molecule has 0 aromatic heterocycles. The van der Waals surface area contributed by atoms with Crippen LogP contribution in [0.1, 0.15) is 37.4 Å². The summed E-state index contributed by atoms with van der Waals surface area (Å²) in [5.74, 6) is 2.60. The number of rotatable bonds is 4. The van der Waals surface area contributed by atoms with Gasteiger partial charge in [0.05, 0.1) is 6.61 Å². The standard InChI is InChI=1S/C14H21NO/c1-9-4-5-12(11(3)15)7-14(9)16-8-13-6-10(13)2/h4-5,7,10-11,13H,6,8,15H2,1-3H3/t10?,11-,13?/m0/s1. The Balaban J connectivity index is 2.03. The van der Waals surface area contributed by atoms with Crippen molar-refractivity contribution in [2.45, 2.75) is 33.2 Å². The molecule has 0 aliphatic heterocycles. The largest absolute Gasteiger partial charge is 0.493 e. The van der Waals surface area contributed by atoms with Crippen LogP contribution >= 0.6 is 0 Å². The van der Waals surface area contributed by atoms with Crippen molar-refractivity contribution in [1.82, 2.24) is 0 Å². The fraction of sp³-hybridized carbons (Fsp3) is 0.571. The lowest BCUT2D eigenvalue weighted by Gasteiger charge is -2.12. The van der Waals surface area contributed by atoms with Gasteiger partial charge in [0.2, 0.25) is 0 Å². The molecule has 0 heterocycles. The van der Waals surface area contributed by atoms with Gasteiger partial charge in [0.1, 0.15) is 5.75 Å². The monoisotopic (exact) mass is 219 g/mol. The number of hydrogen-bond donors (Lipinski definition) is 1. The minimum atomic E-state index is 0.0720. The lowest BCUT2D eigenvalue weighted by atomic mass is 10.1. The third-order valence-corrected chi connectivity index (χ3v) is 3.47. The highest BCUT2D eigenvalue weighted by atomic mass is 16.5. The first-order valence-electron chi connectivity index (χ1n) is 6.07. The van der Waals surface area contributed by atoms with Gasteiger partial charge in [0, 0.05) is 6.04 Å². The Morgan fingerprint density at radius 1 is 1.50 bits per heavy atom. The van der Waals surface area contributed by atoms with Crippen molar-refractivity contribution in [3.8, 4) is 5.75 Å². The maximum absolute atomic E-state index is 5.87. The van der Waals surface area contributed by atoms with Crippen LogP contribution in [0.5, 0.6) is 5.75 Å². The zero-order valence-corrected chi connectivity index (χ0v) is 10.4. The van der Waals surface area contributed by atoms with Crippen molar-refractivity contribution < 1.29 is 4.74 Å². The Morgan fingerprint density at radius 2 is 2.19 bits per heavy atom. The van der Waals surface area contributed by atoms with E-state index in [2.05, 4.69) is 32.0 Å². The van der Waals surface area contributed by atoms with E-state index in [1.54, 1.807) is 0 Å². The van der Waals surface area contributed by atoms with E-state index >= 15 is 0 Å². The molecule has 2 heteroatoms. The molecule has 0 bridgehead atoms. The summed E-state index contributed by atoms with van der Waals surface area (Å²) in [6.45, 7) is 7.21. The van der Waals surface area contributed by atoms with Crippen molar-refractivity contribution in [2.24, 2.45) is 17.6 Å². The number of benzene rings is 1. The summed E-state index contributed by atoms with van der Waals surface area (Å²) in [4.78, 5) is 0. The Hall–Kier alpha value is -1.02. The maximum atomic E-state index is 5.87. The van der Waals surface area contributed by atoms with Gasteiger partial charge in [-0.1, -0.05) is 19.1 Å². The summed E-state index contributed by atoms with van der Waals surface area (Å²) >= 11 is 0. The van der Waals surface area contributed by atoms with Crippen LogP contribution < -0.4 is 10.5 Å². The van der Waals surface area contributed by atoms with E-state index < -0.39 is 0 Å². The van der Waals surface area contributed by atoms with E-state index in [1.165, 1.54) is 12.0 Å². The molecule has 3 atom stereocenters. The second-order valence-corrected chi connectivity index (χ2v) is 5.10. The van der Waals surface area contributed by atoms with Gasteiger partial charge in [-0.3, -0.25) is 0 Å². The van der Waals surface area contributed by atoms with Crippen LogP contribution in [0, 0.1) is 18.8 Å². The lowest BCUT2D eigenvalue weighted by Crippen LogP contribution is -2.07. The highest BCUT2D eigenvalue weighted by molar-refractivity contribution is 5.37. The van der Waals surface area contributed by atoms with Crippen LogP contribution in [-0.2, 0) is 0 Å². The van der Waals surface area contributed by atoms with Crippen molar-refractivity contribution >= 4 is 0 Å². The van der Waals surface area contributed by atoms with Gasteiger partial charge in [0.15, 0.2) is 0 Å². The first kappa shape index (κ1) is 11.5. The van der Waals surface area contributed by atoms with Crippen LogP contribution in [0.25, 0.3) is 0 Å². The minimum Gasteiger partial charge on any atom is -0.493 e. The Labute approximate surface area is 97.8 Å². The minimum absolute atomic E-state index is 0.0720. The molecular formula is C14H21NO. The molecule has 16 heavy (non-hydrogen) atoms. The topological polar surface area (TPSA) is 35.2 Å². The van der Waals surface area contributed by atoms with Crippen LogP contribution in [-0.4, -0.2) is 6.61 Å². The van der Waals surface area contributed by atoms with Gasteiger partial charge in [-0.05, 0) is 49.3 Å².